The zero-order valence-electron chi connectivity index (χ0n) is 11.0. The summed E-state index contributed by atoms with van der Waals surface area (Å²) in [5.74, 6) is 6.01. The summed E-state index contributed by atoms with van der Waals surface area (Å²) in [6.45, 7) is 2.50. The van der Waals surface area contributed by atoms with E-state index in [2.05, 4.69) is 15.4 Å². The molecule has 8 nitrogen and oxygen atoms in total. The van der Waals surface area contributed by atoms with E-state index >= 15 is 0 Å². The van der Waals surface area contributed by atoms with Crippen molar-refractivity contribution in [2.45, 2.75) is 13.5 Å². The number of aryl methyl sites for hydroxylation is 1. The van der Waals surface area contributed by atoms with Crippen molar-refractivity contribution in [3.05, 3.63) is 38.3 Å². The van der Waals surface area contributed by atoms with Gasteiger partial charge in [-0.15, -0.1) is 11.3 Å². The normalized spacial score (nSPS) is 10.3. The minimum absolute atomic E-state index is 0.0594. The van der Waals surface area contributed by atoms with Gasteiger partial charge in [-0.05, 0) is 6.92 Å². The number of pyridine rings is 1. The number of nitro groups is 1. The summed E-state index contributed by atoms with van der Waals surface area (Å²) in [6, 6.07) is 2.70. The molecular formula is C11H14N6O2S. The molecule has 0 radical (unpaired) electrons. The van der Waals surface area contributed by atoms with E-state index in [0.717, 1.165) is 10.6 Å². The number of anilines is 2. The Bertz CT molecular complexity index is 629. The Morgan fingerprint density at radius 1 is 1.55 bits per heavy atom. The van der Waals surface area contributed by atoms with E-state index < -0.39 is 4.92 Å². The zero-order chi connectivity index (χ0) is 14.7. The standard InChI is InChI=1S/C11H14N6O2S/c1-7-9(20-6-13-7)5-16(2)11-4-8(17(18)19)3-10(14-11)15-12/h3-4,6H,5,12H2,1-2H3,(H,14,15). The maximum Gasteiger partial charge on any atom is 0.276 e. The molecule has 2 aromatic rings. The minimum atomic E-state index is -0.474. The van der Waals surface area contributed by atoms with Gasteiger partial charge >= 0.3 is 0 Å². The highest BCUT2D eigenvalue weighted by Gasteiger charge is 2.14. The number of nitrogens with one attached hydrogen (secondary N) is 1. The van der Waals surface area contributed by atoms with Gasteiger partial charge in [0.25, 0.3) is 5.69 Å². The summed E-state index contributed by atoms with van der Waals surface area (Å²) in [5.41, 5.74) is 5.00. The van der Waals surface area contributed by atoms with Crippen molar-refractivity contribution in [3.63, 3.8) is 0 Å². The first-order valence-electron chi connectivity index (χ1n) is 5.74. The highest BCUT2D eigenvalue weighted by Crippen LogP contribution is 2.24. The average Bonchev–Trinajstić information content (AvgIpc) is 2.83. The second-order valence-electron chi connectivity index (χ2n) is 4.19. The minimum Gasteiger partial charge on any atom is -0.354 e. The molecule has 20 heavy (non-hydrogen) atoms. The molecule has 0 amide bonds. The van der Waals surface area contributed by atoms with Crippen molar-refractivity contribution >= 4 is 28.7 Å². The molecule has 2 rings (SSSR count). The number of hydrogen-bond acceptors (Lipinski definition) is 8. The van der Waals surface area contributed by atoms with Crippen LogP contribution in [-0.2, 0) is 6.54 Å². The van der Waals surface area contributed by atoms with Gasteiger partial charge in [0.05, 0.1) is 34.8 Å². The Balaban J connectivity index is 2.29. The zero-order valence-corrected chi connectivity index (χ0v) is 11.8. The summed E-state index contributed by atoms with van der Waals surface area (Å²) in [6.07, 6.45) is 0. The van der Waals surface area contributed by atoms with Crippen molar-refractivity contribution in [1.82, 2.24) is 9.97 Å². The quantitative estimate of drug-likeness (QED) is 0.490. The molecule has 2 heterocycles. The van der Waals surface area contributed by atoms with E-state index in [-0.39, 0.29) is 11.5 Å². The lowest BCUT2D eigenvalue weighted by atomic mass is 10.3. The molecule has 3 N–H and O–H groups in total. The van der Waals surface area contributed by atoms with Crippen LogP contribution in [-0.4, -0.2) is 21.9 Å². The second kappa shape index (κ2) is 5.80. The van der Waals surface area contributed by atoms with Crippen LogP contribution in [0, 0.1) is 17.0 Å². The molecule has 0 fully saturated rings. The highest BCUT2D eigenvalue weighted by molar-refractivity contribution is 7.09. The maximum absolute atomic E-state index is 10.9. The summed E-state index contributed by atoms with van der Waals surface area (Å²) in [4.78, 5) is 21.7. The molecule has 0 aliphatic carbocycles. The number of hydrogen-bond donors (Lipinski definition) is 2. The van der Waals surface area contributed by atoms with Gasteiger partial charge in [-0.3, -0.25) is 10.1 Å². The van der Waals surface area contributed by atoms with Gasteiger partial charge < -0.3 is 10.3 Å². The van der Waals surface area contributed by atoms with Gasteiger partial charge in [0.1, 0.15) is 11.6 Å². The van der Waals surface area contributed by atoms with Gasteiger partial charge in [-0.25, -0.2) is 15.8 Å². The summed E-state index contributed by atoms with van der Waals surface area (Å²) < 4.78 is 0. The Kier molecular flexibility index (Phi) is 4.11. The molecule has 0 spiro atoms. The third kappa shape index (κ3) is 3.00. The Hall–Kier alpha value is -2.26. The number of thiazole rings is 1. The molecule has 0 aliphatic rings. The van der Waals surface area contributed by atoms with Crippen LogP contribution in [0.1, 0.15) is 10.6 Å². The van der Waals surface area contributed by atoms with E-state index in [1.165, 1.54) is 23.5 Å². The van der Waals surface area contributed by atoms with Gasteiger partial charge in [0, 0.05) is 11.9 Å². The van der Waals surface area contributed by atoms with Crippen LogP contribution in [0.2, 0.25) is 0 Å². The van der Waals surface area contributed by atoms with Crippen molar-refractivity contribution in [1.29, 1.82) is 0 Å². The van der Waals surface area contributed by atoms with E-state index in [1.807, 2.05) is 18.9 Å². The first-order valence-corrected chi connectivity index (χ1v) is 6.62. The smallest absolute Gasteiger partial charge is 0.276 e. The van der Waals surface area contributed by atoms with E-state index in [1.54, 1.807) is 5.51 Å². The van der Waals surface area contributed by atoms with Crippen LogP contribution in [0.5, 0.6) is 0 Å². The SMILES string of the molecule is Cc1ncsc1CN(C)c1cc([N+](=O)[O-])cc(NN)n1. The second-order valence-corrected chi connectivity index (χ2v) is 5.13. The van der Waals surface area contributed by atoms with Gasteiger partial charge in [-0.2, -0.15) is 0 Å². The topological polar surface area (TPSA) is 110 Å². The molecule has 106 valence electrons. The summed E-state index contributed by atoms with van der Waals surface area (Å²) in [7, 11) is 1.81. The highest BCUT2D eigenvalue weighted by atomic mass is 32.1. The van der Waals surface area contributed by atoms with Crippen LogP contribution in [0.3, 0.4) is 0 Å². The van der Waals surface area contributed by atoms with Crippen LogP contribution >= 0.6 is 11.3 Å². The molecule has 0 saturated carbocycles. The lowest BCUT2D eigenvalue weighted by Crippen LogP contribution is -2.19. The molecular weight excluding hydrogens is 280 g/mol. The monoisotopic (exact) mass is 294 g/mol. The van der Waals surface area contributed by atoms with Crippen molar-refractivity contribution in [2.75, 3.05) is 17.4 Å². The fourth-order valence-corrected chi connectivity index (χ4v) is 2.48. The predicted molar refractivity (Wildman–Crippen MR) is 77.7 cm³/mol. The predicted octanol–water partition coefficient (Wildman–Crippen LogP) is 1.68. The van der Waals surface area contributed by atoms with Gasteiger partial charge in [-0.1, -0.05) is 0 Å². The van der Waals surface area contributed by atoms with E-state index in [9.17, 15) is 10.1 Å². The fourth-order valence-electron chi connectivity index (χ4n) is 1.65. The van der Waals surface area contributed by atoms with Crippen LogP contribution in [0.15, 0.2) is 17.6 Å². The van der Waals surface area contributed by atoms with Crippen molar-refractivity contribution in [2.24, 2.45) is 5.84 Å². The summed E-state index contributed by atoms with van der Waals surface area (Å²) >= 11 is 1.54. The third-order valence-corrected chi connectivity index (χ3v) is 3.69. The first kappa shape index (κ1) is 14.2. The molecule has 0 aliphatic heterocycles. The van der Waals surface area contributed by atoms with E-state index in [4.69, 9.17) is 5.84 Å². The molecule has 2 aromatic heterocycles. The lowest BCUT2D eigenvalue weighted by molar-refractivity contribution is -0.384. The molecule has 0 atom stereocenters. The third-order valence-electron chi connectivity index (χ3n) is 2.77. The van der Waals surface area contributed by atoms with Crippen molar-refractivity contribution < 1.29 is 4.92 Å². The fraction of sp³-hybridized carbons (Fsp3) is 0.273. The molecule has 0 bridgehead atoms. The van der Waals surface area contributed by atoms with E-state index in [0.29, 0.717) is 12.4 Å². The van der Waals surface area contributed by atoms with Crippen LogP contribution in [0.4, 0.5) is 17.3 Å². The number of nitrogens with zero attached hydrogens (tertiary/aromatic N) is 4. The number of hydrazine groups is 1. The van der Waals surface area contributed by atoms with Gasteiger partial charge in [0.2, 0.25) is 0 Å². The summed E-state index contributed by atoms with van der Waals surface area (Å²) in [5, 5.41) is 10.9. The Morgan fingerprint density at radius 3 is 2.85 bits per heavy atom. The average molecular weight is 294 g/mol. The number of nitrogen functional groups attached to an aromatic ring is 1. The molecule has 9 heteroatoms. The number of rotatable bonds is 5. The largest absolute Gasteiger partial charge is 0.354 e. The number of aromatic nitrogens is 2. The Labute approximate surface area is 119 Å². The molecule has 0 aromatic carbocycles. The first-order chi connectivity index (χ1) is 9.51. The van der Waals surface area contributed by atoms with Crippen LogP contribution in [0.25, 0.3) is 0 Å². The van der Waals surface area contributed by atoms with Gasteiger partial charge in [0.15, 0.2) is 0 Å². The maximum atomic E-state index is 10.9. The van der Waals surface area contributed by atoms with Crippen LogP contribution < -0.4 is 16.2 Å². The lowest BCUT2D eigenvalue weighted by Gasteiger charge is -2.18. The molecule has 0 unspecified atom stereocenters. The number of nitrogens with two attached hydrogens (primary N) is 1. The Morgan fingerprint density at radius 2 is 2.30 bits per heavy atom. The van der Waals surface area contributed by atoms with Crippen molar-refractivity contribution in [3.8, 4) is 0 Å². The molecule has 0 saturated heterocycles.